The van der Waals surface area contributed by atoms with Crippen LogP contribution in [0.4, 0.5) is 0 Å². The molecule has 0 saturated carbocycles. The average Bonchev–Trinajstić information content (AvgIpc) is 2.54. The van der Waals surface area contributed by atoms with E-state index in [-0.39, 0.29) is 24.1 Å². The number of esters is 1. The molecule has 1 aromatic rings. The van der Waals surface area contributed by atoms with Gasteiger partial charge in [-0.1, -0.05) is 43.9 Å². The zero-order valence-electron chi connectivity index (χ0n) is 14.2. The molecular weight excluding hydrogens is 292 g/mol. The van der Waals surface area contributed by atoms with Crippen LogP contribution in [0.3, 0.4) is 0 Å². The maximum Gasteiger partial charge on any atom is 0.309 e. The van der Waals surface area contributed by atoms with Gasteiger partial charge in [-0.2, -0.15) is 0 Å². The molecule has 23 heavy (non-hydrogen) atoms. The molecule has 0 fully saturated rings. The van der Waals surface area contributed by atoms with Crippen LogP contribution in [0.2, 0.25) is 0 Å². The molecule has 4 nitrogen and oxygen atoms in total. The van der Waals surface area contributed by atoms with Crippen LogP contribution in [0.5, 0.6) is 0 Å². The van der Waals surface area contributed by atoms with Gasteiger partial charge in [0.1, 0.15) is 12.4 Å². The first-order valence-electron chi connectivity index (χ1n) is 7.65. The van der Waals surface area contributed by atoms with Crippen LogP contribution in [0.15, 0.2) is 24.3 Å². The number of ether oxygens (including phenoxy) is 2. The highest BCUT2D eigenvalue weighted by Gasteiger charge is 2.25. The van der Waals surface area contributed by atoms with Gasteiger partial charge in [0.05, 0.1) is 13.0 Å². The van der Waals surface area contributed by atoms with E-state index < -0.39 is 5.92 Å². The highest BCUT2D eigenvalue weighted by Crippen LogP contribution is 2.19. The van der Waals surface area contributed by atoms with E-state index in [0.717, 1.165) is 11.1 Å². The first-order valence-corrected chi connectivity index (χ1v) is 7.65. The van der Waals surface area contributed by atoms with E-state index in [9.17, 15) is 9.59 Å². The zero-order chi connectivity index (χ0) is 17.2. The number of hydrogen-bond donors (Lipinski definition) is 0. The molecule has 0 aliphatic rings. The molecule has 1 unspecified atom stereocenters. The summed E-state index contributed by atoms with van der Waals surface area (Å²) in [6.07, 6.45) is 0.618. The molecule has 0 spiro atoms. The molecule has 1 aromatic carbocycles. The lowest BCUT2D eigenvalue weighted by Crippen LogP contribution is -2.24. The average molecular weight is 316 g/mol. The molecular formula is C19H24O4. The van der Waals surface area contributed by atoms with Gasteiger partial charge in [0.15, 0.2) is 0 Å². The summed E-state index contributed by atoms with van der Waals surface area (Å²) < 4.78 is 9.78. The van der Waals surface area contributed by atoms with Gasteiger partial charge in [-0.05, 0) is 18.1 Å². The summed E-state index contributed by atoms with van der Waals surface area (Å²) in [4.78, 5) is 24.0. The van der Waals surface area contributed by atoms with Crippen LogP contribution in [0, 0.1) is 23.7 Å². The van der Waals surface area contributed by atoms with Crippen LogP contribution in [0.1, 0.15) is 31.4 Å². The molecule has 0 heterocycles. The number of Topliss-reactive ketones (excluding diaryl/α,β-unsaturated/α-hetero) is 1. The molecule has 0 N–H and O–H groups in total. The monoisotopic (exact) mass is 316 g/mol. The standard InChI is InChI=1S/C19H24O4/c1-14(2)18(20)13-17(19(21)23-4)12-16-9-6-5-8-15(16)10-7-11-22-3/h5-6,8-9,14,17H,11-13H2,1-4H3. The van der Waals surface area contributed by atoms with Crippen molar-refractivity contribution < 1.29 is 19.1 Å². The number of methoxy groups -OCH3 is 2. The maximum atomic E-state index is 12.0. The van der Waals surface area contributed by atoms with Crippen molar-refractivity contribution in [2.75, 3.05) is 20.8 Å². The molecule has 0 amide bonds. The third kappa shape index (κ3) is 6.25. The summed E-state index contributed by atoms with van der Waals surface area (Å²) in [6.45, 7) is 4.02. The Kier molecular flexibility index (Phi) is 8.07. The summed E-state index contributed by atoms with van der Waals surface area (Å²) in [5, 5.41) is 0. The summed E-state index contributed by atoms with van der Waals surface area (Å²) in [6, 6.07) is 7.62. The minimum atomic E-state index is -0.486. The molecule has 0 saturated heterocycles. The van der Waals surface area contributed by atoms with Crippen molar-refractivity contribution >= 4 is 11.8 Å². The number of hydrogen-bond acceptors (Lipinski definition) is 4. The Morgan fingerprint density at radius 3 is 2.48 bits per heavy atom. The number of ketones is 1. The molecule has 1 rings (SSSR count). The third-order valence-corrected chi connectivity index (χ3v) is 3.55. The van der Waals surface area contributed by atoms with Crippen LogP contribution in [0.25, 0.3) is 0 Å². The number of carbonyl (C=O) groups excluding carboxylic acids is 2. The number of rotatable bonds is 7. The Labute approximate surface area is 138 Å². The van der Waals surface area contributed by atoms with Crippen molar-refractivity contribution in [1.82, 2.24) is 0 Å². The maximum absolute atomic E-state index is 12.0. The second-order valence-corrected chi connectivity index (χ2v) is 5.64. The van der Waals surface area contributed by atoms with Gasteiger partial charge in [-0.25, -0.2) is 0 Å². The van der Waals surface area contributed by atoms with Gasteiger partial charge in [0.2, 0.25) is 0 Å². The lowest BCUT2D eigenvalue weighted by molar-refractivity contribution is -0.147. The Bertz CT molecular complexity index is 593. The van der Waals surface area contributed by atoms with Crippen LogP contribution in [-0.2, 0) is 25.5 Å². The van der Waals surface area contributed by atoms with Crippen LogP contribution in [-0.4, -0.2) is 32.6 Å². The largest absolute Gasteiger partial charge is 0.469 e. The SMILES string of the molecule is COCC#Cc1ccccc1CC(CC(=O)C(C)C)C(=O)OC. The molecule has 124 valence electrons. The van der Waals surface area contributed by atoms with E-state index in [0.29, 0.717) is 13.0 Å². The molecule has 0 bridgehead atoms. The predicted octanol–water partition coefficient (Wildman–Crippen LogP) is 2.63. The second kappa shape index (κ2) is 9.81. The van der Waals surface area contributed by atoms with E-state index in [1.165, 1.54) is 7.11 Å². The molecule has 0 aliphatic carbocycles. The van der Waals surface area contributed by atoms with Crippen molar-refractivity contribution in [2.24, 2.45) is 11.8 Å². The van der Waals surface area contributed by atoms with E-state index in [2.05, 4.69) is 11.8 Å². The smallest absolute Gasteiger partial charge is 0.309 e. The normalized spacial score (nSPS) is 11.5. The van der Waals surface area contributed by atoms with Crippen molar-refractivity contribution in [3.05, 3.63) is 35.4 Å². The Hall–Kier alpha value is -2.12. The van der Waals surface area contributed by atoms with E-state index >= 15 is 0 Å². The molecule has 0 aliphatic heterocycles. The van der Waals surface area contributed by atoms with E-state index in [4.69, 9.17) is 9.47 Å². The molecule has 0 aromatic heterocycles. The summed E-state index contributed by atoms with van der Waals surface area (Å²) in [7, 11) is 2.94. The van der Waals surface area contributed by atoms with Gasteiger partial charge in [-0.15, -0.1) is 0 Å². The fourth-order valence-corrected chi connectivity index (χ4v) is 2.17. The van der Waals surface area contributed by atoms with Crippen molar-refractivity contribution in [1.29, 1.82) is 0 Å². The third-order valence-electron chi connectivity index (χ3n) is 3.55. The van der Waals surface area contributed by atoms with E-state index in [1.807, 2.05) is 38.1 Å². The molecule has 0 radical (unpaired) electrons. The highest BCUT2D eigenvalue weighted by atomic mass is 16.5. The zero-order valence-corrected chi connectivity index (χ0v) is 14.2. The highest BCUT2D eigenvalue weighted by molar-refractivity contribution is 5.85. The molecule has 1 atom stereocenters. The lowest BCUT2D eigenvalue weighted by atomic mass is 9.89. The van der Waals surface area contributed by atoms with Crippen LogP contribution >= 0.6 is 0 Å². The van der Waals surface area contributed by atoms with Crippen molar-refractivity contribution in [3.63, 3.8) is 0 Å². The minimum Gasteiger partial charge on any atom is -0.469 e. The van der Waals surface area contributed by atoms with Gasteiger partial charge >= 0.3 is 5.97 Å². The van der Waals surface area contributed by atoms with Gasteiger partial charge in [-0.3, -0.25) is 9.59 Å². The fraction of sp³-hybridized carbons (Fsp3) is 0.474. The first-order chi connectivity index (χ1) is 11.0. The number of carbonyl (C=O) groups is 2. The second-order valence-electron chi connectivity index (χ2n) is 5.64. The predicted molar refractivity (Wildman–Crippen MR) is 88.9 cm³/mol. The van der Waals surface area contributed by atoms with E-state index in [1.54, 1.807) is 7.11 Å². The van der Waals surface area contributed by atoms with Crippen molar-refractivity contribution in [3.8, 4) is 11.8 Å². The fourth-order valence-electron chi connectivity index (χ4n) is 2.17. The summed E-state index contributed by atoms with van der Waals surface area (Å²) in [5.74, 6) is 5.06. The Morgan fingerprint density at radius 1 is 1.17 bits per heavy atom. The van der Waals surface area contributed by atoms with Gasteiger partial charge < -0.3 is 9.47 Å². The van der Waals surface area contributed by atoms with Gasteiger partial charge in [0, 0.05) is 25.0 Å². The van der Waals surface area contributed by atoms with Gasteiger partial charge in [0.25, 0.3) is 0 Å². The quantitative estimate of drug-likeness (QED) is 0.573. The lowest BCUT2D eigenvalue weighted by Gasteiger charge is -2.16. The number of benzene rings is 1. The summed E-state index contributed by atoms with van der Waals surface area (Å²) in [5.41, 5.74) is 1.78. The minimum absolute atomic E-state index is 0.0587. The summed E-state index contributed by atoms with van der Waals surface area (Å²) >= 11 is 0. The van der Waals surface area contributed by atoms with Crippen LogP contribution < -0.4 is 0 Å². The Morgan fingerprint density at radius 2 is 1.87 bits per heavy atom. The first kappa shape index (κ1) is 18.9. The van der Waals surface area contributed by atoms with Crippen molar-refractivity contribution in [2.45, 2.75) is 26.7 Å². The Balaban J connectivity index is 2.98. The topological polar surface area (TPSA) is 52.6 Å². The molecule has 4 heteroatoms.